The second-order valence-electron chi connectivity index (χ2n) is 0.797. The molecule has 0 spiro atoms. The molecular weight excluding hydrogens is 135 g/mol. The van der Waals surface area contributed by atoms with Gasteiger partial charge in [0.05, 0.1) is 11.9 Å². The Balaban J connectivity index is 3.18. The first-order chi connectivity index (χ1) is 3.63. The van der Waals surface area contributed by atoms with Crippen molar-refractivity contribution in [2.75, 3.05) is 0 Å². The smallest absolute Gasteiger partial charge is 0.359 e. The summed E-state index contributed by atoms with van der Waals surface area (Å²) in [6, 6.07) is 0. The number of nitrogens with one attached hydrogen (secondary N) is 1. The lowest BCUT2D eigenvalue weighted by Crippen LogP contribution is -2.14. The van der Waals surface area contributed by atoms with Crippen LogP contribution in [-0.2, 0) is 0 Å². The van der Waals surface area contributed by atoms with Crippen LogP contribution in [0.1, 0.15) is 0 Å². The fraction of sp³-hybridized carbons (Fsp3) is 0. The Kier molecular flexibility index (Phi) is 2.93. The zero-order valence-electron chi connectivity index (χ0n) is 3.68. The summed E-state index contributed by atoms with van der Waals surface area (Å²) in [6.07, 6.45) is -1.78. The Morgan fingerprint density at radius 2 is 2.12 bits per heavy atom. The Hall–Kier alpha value is -0.780. The van der Waals surface area contributed by atoms with Crippen molar-refractivity contribution in [1.82, 2.24) is 4.72 Å². The fourth-order valence-electron chi connectivity index (χ4n) is 0.0904. The standard InChI is InChI=1S/C2H3FN2O2S/c3-1(6)5-8-2(4)7/h(H2,4,7)(H,5,6). The van der Waals surface area contributed by atoms with Crippen LogP contribution in [0.4, 0.5) is 14.0 Å². The average molecular weight is 138 g/mol. The second-order valence-corrected chi connectivity index (χ2v) is 1.61. The summed E-state index contributed by atoms with van der Waals surface area (Å²) < 4.78 is 12.6. The van der Waals surface area contributed by atoms with Crippen molar-refractivity contribution in [3.63, 3.8) is 0 Å². The van der Waals surface area contributed by atoms with Gasteiger partial charge in [0.2, 0.25) is 0 Å². The molecule has 0 atom stereocenters. The zero-order valence-corrected chi connectivity index (χ0v) is 4.50. The number of halogens is 1. The summed E-state index contributed by atoms with van der Waals surface area (Å²) in [6.45, 7) is 0. The van der Waals surface area contributed by atoms with Gasteiger partial charge >= 0.3 is 6.16 Å². The number of carbonyl (C=O) groups excluding carboxylic acids is 2. The van der Waals surface area contributed by atoms with Crippen LogP contribution in [0.25, 0.3) is 0 Å². The molecule has 0 saturated carbocycles. The summed E-state index contributed by atoms with van der Waals surface area (Å²) in [5, 5.41) is -0.851. The van der Waals surface area contributed by atoms with E-state index in [2.05, 4.69) is 5.73 Å². The van der Waals surface area contributed by atoms with Crippen molar-refractivity contribution in [2.45, 2.75) is 0 Å². The van der Waals surface area contributed by atoms with Crippen LogP contribution in [-0.4, -0.2) is 11.4 Å². The molecule has 0 aliphatic carbocycles. The quantitative estimate of drug-likeness (QED) is 0.289. The van der Waals surface area contributed by atoms with E-state index in [0.717, 1.165) is 0 Å². The second kappa shape index (κ2) is 3.25. The lowest BCUT2D eigenvalue weighted by atomic mass is 11.4. The maximum atomic E-state index is 11.1. The predicted molar refractivity (Wildman–Crippen MR) is 26.8 cm³/mol. The summed E-state index contributed by atoms with van der Waals surface area (Å²) >= 11 is 0.204. The van der Waals surface area contributed by atoms with E-state index < -0.39 is 11.4 Å². The highest BCUT2D eigenvalue weighted by atomic mass is 32.2. The minimum atomic E-state index is -1.78. The first-order valence-corrected chi connectivity index (χ1v) is 2.36. The van der Waals surface area contributed by atoms with Gasteiger partial charge < -0.3 is 5.73 Å². The molecule has 0 aliphatic heterocycles. The molecule has 0 unspecified atom stereocenters. The van der Waals surface area contributed by atoms with E-state index in [4.69, 9.17) is 0 Å². The van der Waals surface area contributed by atoms with Crippen LogP contribution in [0.2, 0.25) is 0 Å². The van der Waals surface area contributed by atoms with E-state index >= 15 is 0 Å². The minimum absolute atomic E-state index is 0.204. The SMILES string of the molecule is NC(=O)SNC(=O)F. The third kappa shape index (κ3) is 5.22. The van der Waals surface area contributed by atoms with Gasteiger partial charge in [0.1, 0.15) is 0 Å². The number of amides is 2. The van der Waals surface area contributed by atoms with E-state index in [1.165, 1.54) is 4.72 Å². The third-order valence-corrected chi connectivity index (χ3v) is 0.696. The highest BCUT2D eigenvalue weighted by molar-refractivity contribution is 8.12. The van der Waals surface area contributed by atoms with Gasteiger partial charge in [-0.25, -0.2) is 4.79 Å². The molecule has 8 heavy (non-hydrogen) atoms. The Morgan fingerprint density at radius 1 is 1.62 bits per heavy atom. The van der Waals surface area contributed by atoms with Crippen molar-refractivity contribution in [1.29, 1.82) is 0 Å². The third-order valence-electron chi connectivity index (χ3n) is 0.232. The lowest BCUT2D eigenvalue weighted by Gasteiger charge is -1.88. The first kappa shape index (κ1) is 7.22. The highest BCUT2D eigenvalue weighted by Gasteiger charge is 1.97. The van der Waals surface area contributed by atoms with Crippen molar-refractivity contribution in [2.24, 2.45) is 5.73 Å². The molecule has 0 radical (unpaired) electrons. The molecule has 0 fully saturated rings. The van der Waals surface area contributed by atoms with Crippen LogP contribution >= 0.6 is 11.9 Å². The van der Waals surface area contributed by atoms with Gasteiger partial charge in [-0.3, -0.25) is 9.52 Å². The summed E-state index contributed by atoms with van der Waals surface area (Å²) in [5.74, 6) is 0. The molecule has 2 amide bonds. The molecule has 4 nitrogen and oxygen atoms in total. The summed E-state index contributed by atoms with van der Waals surface area (Å²) in [5.41, 5.74) is 4.48. The lowest BCUT2D eigenvalue weighted by molar-refractivity contribution is 0.228. The Bertz CT molecular complexity index is 103. The number of nitrogens with two attached hydrogens (primary N) is 1. The molecule has 0 aliphatic rings. The van der Waals surface area contributed by atoms with Crippen LogP contribution in [0.3, 0.4) is 0 Å². The molecule has 0 aromatic heterocycles. The molecule has 3 N–H and O–H groups in total. The summed E-state index contributed by atoms with van der Waals surface area (Å²) in [4.78, 5) is 19.0. The van der Waals surface area contributed by atoms with Crippen molar-refractivity contribution < 1.29 is 14.0 Å². The number of hydrogen-bond acceptors (Lipinski definition) is 3. The fourth-order valence-corrected chi connectivity index (χ4v) is 0.271. The number of hydrogen-bond donors (Lipinski definition) is 2. The number of primary amides is 1. The van der Waals surface area contributed by atoms with Gasteiger partial charge in [-0.1, -0.05) is 0 Å². The van der Waals surface area contributed by atoms with E-state index in [9.17, 15) is 14.0 Å². The molecule has 6 heteroatoms. The van der Waals surface area contributed by atoms with Crippen LogP contribution in [0.15, 0.2) is 0 Å². The maximum Gasteiger partial charge on any atom is 0.407 e. The van der Waals surface area contributed by atoms with E-state index in [-0.39, 0.29) is 11.9 Å². The van der Waals surface area contributed by atoms with Gasteiger partial charge in [-0.2, -0.15) is 0 Å². The van der Waals surface area contributed by atoms with Gasteiger partial charge in [-0.05, 0) is 0 Å². The first-order valence-electron chi connectivity index (χ1n) is 1.54. The van der Waals surface area contributed by atoms with E-state index in [1.807, 2.05) is 0 Å². The van der Waals surface area contributed by atoms with Crippen molar-refractivity contribution in [3.05, 3.63) is 0 Å². The average Bonchev–Trinajstić information content (AvgIpc) is 1.61. The van der Waals surface area contributed by atoms with Crippen molar-refractivity contribution in [3.8, 4) is 0 Å². The Labute approximate surface area is 48.7 Å². The molecular formula is C2H3FN2O2S. The molecule has 0 aromatic rings. The minimum Gasteiger partial charge on any atom is -0.359 e. The van der Waals surface area contributed by atoms with Crippen LogP contribution in [0, 0.1) is 0 Å². The monoisotopic (exact) mass is 138 g/mol. The molecule has 0 bridgehead atoms. The van der Waals surface area contributed by atoms with Gasteiger partial charge in [0.25, 0.3) is 5.24 Å². The normalized spacial score (nSPS) is 8.12. The molecule has 0 heterocycles. The van der Waals surface area contributed by atoms with Gasteiger partial charge in [0.15, 0.2) is 0 Å². The molecule has 46 valence electrons. The van der Waals surface area contributed by atoms with E-state index in [1.54, 1.807) is 0 Å². The van der Waals surface area contributed by atoms with Gasteiger partial charge in [0, 0.05) is 0 Å². The number of carbonyl (C=O) groups is 2. The summed E-state index contributed by atoms with van der Waals surface area (Å²) in [7, 11) is 0. The van der Waals surface area contributed by atoms with E-state index in [0.29, 0.717) is 0 Å². The van der Waals surface area contributed by atoms with Crippen LogP contribution < -0.4 is 10.5 Å². The van der Waals surface area contributed by atoms with Crippen LogP contribution in [0.5, 0.6) is 0 Å². The van der Waals surface area contributed by atoms with Crippen molar-refractivity contribution >= 4 is 23.3 Å². The topological polar surface area (TPSA) is 72.2 Å². The highest BCUT2D eigenvalue weighted by Crippen LogP contribution is 1.90. The maximum absolute atomic E-state index is 11.1. The number of rotatable bonds is 0. The predicted octanol–water partition coefficient (Wildman–Crippen LogP) is 0.392. The Morgan fingerprint density at radius 3 is 2.25 bits per heavy atom. The molecule has 0 rings (SSSR count). The zero-order chi connectivity index (χ0) is 6.57. The molecule has 0 saturated heterocycles. The molecule has 0 aromatic carbocycles. The van der Waals surface area contributed by atoms with Gasteiger partial charge in [-0.15, -0.1) is 4.39 Å². The largest absolute Gasteiger partial charge is 0.407 e.